The highest BCUT2D eigenvalue weighted by molar-refractivity contribution is 7.91. The Morgan fingerprint density at radius 1 is 1.18 bits per heavy atom. The highest BCUT2D eigenvalue weighted by Gasteiger charge is 2.28. The summed E-state index contributed by atoms with van der Waals surface area (Å²) in [5, 5.41) is 6.43. The molecule has 2 N–H and O–H groups in total. The average Bonchev–Trinajstić information content (AvgIpc) is 3.04. The fraction of sp³-hybridized carbons (Fsp3) is 0.650. The number of rotatable bonds is 7. The van der Waals surface area contributed by atoms with Gasteiger partial charge in [0.2, 0.25) is 0 Å². The van der Waals surface area contributed by atoms with Gasteiger partial charge in [0.25, 0.3) is 0 Å². The maximum absolute atomic E-state index is 11.6. The molecule has 2 saturated heterocycles. The average molecular weight is 410 g/mol. The highest BCUT2D eigenvalue weighted by atomic mass is 32.2. The minimum absolute atomic E-state index is 0.0625. The van der Waals surface area contributed by atoms with Crippen LogP contribution in [0, 0.1) is 0 Å². The summed E-state index contributed by atoms with van der Waals surface area (Å²) in [6.07, 6.45) is 2.87. The van der Waals surface area contributed by atoms with Crippen LogP contribution in [0.4, 0.5) is 0 Å². The molecule has 0 saturated carbocycles. The van der Waals surface area contributed by atoms with Crippen molar-refractivity contribution < 1.29 is 17.9 Å². The third kappa shape index (κ3) is 6.76. The smallest absolute Gasteiger partial charge is 0.191 e. The van der Waals surface area contributed by atoms with Gasteiger partial charge in [0.1, 0.15) is 0 Å². The van der Waals surface area contributed by atoms with E-state index in [1.807, 2.05) is 6.92 Å². The molecule has 0 amide bonds. The molecule has 8 heteroatoms. The van der Waals surface area contributed by atoms with Crippen LogP contribution >= 0.6 is 0 Å². The SMILES string of the molecule is CCNC(=NCc1ccc(COC2CCOCC2)cc1)NC1CCS(=O)(=O)C1. The molecule has 28 heavy (non-hydrogen) atoms. The summed E-state index contributed by atoms with van der Waals surface area (Å²) in [7, 11) is -2.91. The molecule has 0 aliphatic carbocycles. The molecule has 1 aromatic carbocycles. The molecule has 1 aromatic rings. The molecule has 2 heterocycles. The Morgan fingerprint density at radius 3 is 2.54 bits per heavy atom. The van der Waals surface area contributed by atoms with Gasteiger partial charge in [-0.15, -0.1) is 0 Å². The van der Waals surface area contributed by atoms with Gasteiger partial charge < -0.3 is 20.1 Å². The van der Waals surface area contributed by atoms with E-state index in [2.05, 4.69) is 39.9 Å². The number of nitrogens with one attached hydrogen (secondary N) is 2. The van der Waals surface area contributed by atoms with Crippen LogP contribution in [0.25, 0.3) is 0 Å². The van der Waals surface area contributed by atoms with E-state index in [1.165, 1.54) is 0 Å². The van der Waals surface area contributed by atoms with E-state index in [0.717, 1.165) is 43.7 Å². The first-order valence-corrected chi connectivity index (χ1v) is 11.9. The van der Waals surface area contributed by atoms with Crippen LogP contribution < -0.4 is 10.6 Å². The largest absolute Gasteiger partial charge is 0.381 e. The number of ether oxygens (including phenoxy) is 2. The summed E-state index contributed by atoms with van der Waals surface area (Å²) in [6.45, 7) is 5.46. The van der Waals surface area contributed by atoms with Crippen molar-refractivity contribution in [1.82, 2.24) is 10.6 Å². The number of aliphatic imine (C=N–C) groups is 1. The molecule has 156 valence electrons. The van der Waals surface area contributed by atoms with E-state index >= 15 is 0 Å². The van der Waals surface area contributed by atoms with E-state index in [0.29, 0.717) is 31.6 Å². The van der Waals surface area contributed by atoms with Gasteiger partial charge >= 0.3 is 0 Å². The fourth-order valence-corrected chi connectivity index (χ4v) is 5.06. The Kier molecular flexibility index (Phi) is 7.70. The molecule has 2 aliphatic heterocycles. The molecular formula is C20H31N3O4S. The number of hydrogen-bond donors (Lipinski definition) is 2. The quantitative estimate of drug-likeness (QED) is 0.526. The van der Waals surface area contributed by atoms with Gasteiger partial charge in [-0.1, -0.05) is 24.3 Å². The van der Waals surface area contributed by atoms with E-state index < -0.39 is 9.84 Å². The van der Waals surface area contributed by atoms with Crippen molar-refractivity contribution >= 4 is 15.8 Å². The second kappa shape index (κ2) is 10.2. The zero-order chi connectivity index (χ0) is 19.8. The Bertz CT molecular complexity index is 743. The second-order valence-electron chi connectivity index (χ2n) is 7.38. The fourth-order valence-electron chi connectivity index (χ4n) is 3.39. The van der Waals surface area contributed by atoms with Crippen LogP contribution in [-0.4, -0.2) is 57.8 Å². The topological polar surface area (TPSA) is 89.0 Å². The summed E-state index contributed by atoms with van der Waals surface area (Å²) in [5.74, 6) is 1.09. The maximum Gasteiger partial charge on any atom is 0.191 e. The molecule has 0 bridgehead atoms. The van der Waals surface area contributed by atoms with Crippen LogP contribution in [0.3, 0.4) is 0 Å². The van der Waals surface area contributed by atoms with Crippen LogP contribution in [0.1, 0.15) is 37.3 Å². The minimum Gasteiger partial charge on any atom is -0.381 e. The first-order chi connectivity index (χ1) is 13.5. The minimum atomic E-state index is -2.91. The van der Waals surface area contributed by atoms with Crippen molar-refractivity contribution in [1.29, 1.82) is 0 Å². The van der Waals surface area contributed by atoms with Crippen molar-refractivity contribution in [3.8, 4) is 0 Å². The molecule has 1 atom stereocenters. The summed E-state index contributed by atoms with van der Waals surface area (Å²) < 4.78 is 34.6. The van der Waals surface area contributed by atoms with Crippen molar-refractivity contribution in [2.75, 3.05) is 31.3 Å². The molecule has 2 aliphatic rings. The molecule has 3 rings (SSSR count). The number of nitrogens with zero attached hydrogens (tertiary/aromatic N) is 1. The highest BCUT2D eigenvalue weighted by Crippen LogP contribution is 2.14. The van der Waals surface area contributed by atoms with Gasteiger partial charge in [-0.3, -0.25) is 0 Å². The predicted molar refractivity (Wildman–Crippen MR) is 110 cm³/mol. The van der Waals surface area contributed by atoms with Gasteiger partial charge in [-0.2, -0.15) is 0 Å². The lowest BCUT2D eigenvalue weighted by Gasteiger charge is -2.22. The first-order valence-electron chi connectivity index (χ1n) is 10.1. The Hall–Kier alpha value is -1.64. The normalized spacial score (nSPS) is 22.9. The lowest BCUT2D eigenvalue weighted by atomic mass is 10.1. The van der Waals surface area contributed by atoms with E-state index in [9.17, 15) is 8.42 Å². The molecule has 7 nitrogen and oxygen atoms in total. The molecule has 0 radical (unpaired) electrons. The van der Waals surface area contributed by atoms with Crippen molar-refractivity contribution in [3.05, 3.63) is 35.4 Å². The van der Waals surface area contributed by atoms with Crippen molar-refractivity contribution in [2.24, 2.45) is 4.99 Å². The Labute approximate surface area is 167 Å². The predicted octanol–water partition coefficient (Wildman–Crippen LogP) is 1.62. The number of guanidine groups is 1. The molecule has 2 fully saturated rings. The molecule has 1 unspecified atom stereocenters. The van der Waals surface area contributed by atoms with Crippen molar-refractivity contribution in [2.45, 2.75) is 51.5 Å². The van der Waals surface area contributed by atoms with Crippen molar-refractivity contribution in [3.63, 3.8) is 0 Å². The lowest BCUT2D eigenvalue weighted by Crippen LogP contribution is -2.44. The van der Waals surface area contributed by atoms with E-state index in [-0.39, 0.29) is 17.5 Å². The third-order valence-corrected chi connectivity index (χ3v) is 6.78. The van der Waals surface area contributed by atoms with Crippen LogP contribution in [-0.2, 0) is 32.5 Å². The Balaban J connectivity index is 1.49. The summed E-state index contributed by atoms with van der Waals surface area (Å²) >= 11 is 0. The number of sulfone groups is 1. The van der Waals surface area contributed by atoms with Gasteiger partial charge in [0, 0.05) is 25.8 Å². The number of hydrogen-bond acceptors (Lipinski definition) is 5. The van der Waals surface area contributed by atoms with Gasteiger partial charge in [-0.25, -0.2) is 13.4 Å². The van der Waals surface area contributed by atoms with E-state index in [4.69, 9.17) is 9.47 Å². The van der Waals surface area contributed by atoms with Gasteiger partial charge in [-0.05, 0) is 37.3 Å². The zero-order valence-electron chi connectivity index (χ0n) is 16.5. The standard InChI is InChI=1S/C20H31N3O4S/c1-2-21-20(23-18-9-12-28(24,25)15-18)22-13-16-3-5-17(6-4-16)14-27-19-7-10-26-11-8-19/h3-6,18-19H,2,7-15H2,1H3,(H2,21,22,23). The summed E-state index contributed by atoms with van der Waals surface area (Å²) in [4.78, 5) is 4.60. The maximum atomic E-state index is 11.6. The van der Waals surface area contributed by atoms with Crippen LogP contribution in [0.15, 0.2) is 29.3 Å². The monoisotopic (exact) mass is 409 g/mol. The lowest BCUT2D eigenvalue weighted by molar-refractivity contribution is -0.0390. The Morgan fingerprint density at radius 2 is 1.89 bits per heavy atom. The van der Waals surface area contributed by atoms with Crippen LogP contribution in [0.5, 0.6) is 0 Å². The van der Waals surface area contributed by atoms with Gasteiger partial charge in [0.15, 0.2) is 15.8 Å². The summed E-state index contributed by atoms with van der Waals surface area (Å²) in [5.41, 5.74) is 2.26. The summed E-state index contributed by atoms with van der Waals surface area (Å²) in [6, 6.07) is 8.22. The molecular weight excluding hydrogens is 378 g/mol. The molecule has 0 spiro atoms. The molecule has 0 aromatic heterocycles. The van der Waals surface area contributed by atoms with E-state index in [1.54, 1.807) is 0 Å². The second-order valence-corrected chi connectivity index (χ2v) is 9.61. The van der Waals surface area contributed by atoms with Crippen LogP contribution in [0.2, 0.25) is 0 Å². The third-order valence-electron chi connectivity index (χ3n) is 5.01. The first kappa shape index (κ1) is 21.1. The number of benzene rings is 1. The van der Waals surface area contributed by atoms with Gasteiger partial charge in [0.05, 0.1) is 30.8 Å². The zero-order valence-corrected chi connectivity index (χ0v) is 17.3.